The summed E-state index contributed by atoms with van der Waals surface area (Å²) < 4.78 is 5.06. The van der Waals surface area contributed by atoms with Crippen molar-refractivity contribution >= 4 is 46.7 Å². The minimum atomic E-state index is -0.618. The van der Waals surface area contributed by atoms with Crippen LogP contribution in [0.1, 0.15) is 17.3 Å². The Kier molecular flexibility index (Phi) is 7.03. The number of amides is 1. The first-order valence-electron chi connectivity index (χ1n) is 7.39. The Hall–Kier alpha value is -2.31. The quantitative estimate of drug-likeness (QED) is 0.586. The second kappa shape index (κ2) is 9.25. The Bertz CT molecular complexity index is 794. The molecule has 25 heavy (non-hydrogen) atoms. The predicted octanol–water partition coefficient (Wildman–Crippen LogP) is 3.82. The molecule has 0 spiro atoms. The van der Waals surface area contributed by atoms with E-state index in [0.29, 0.717) is 21.2 Å². The van der Waals surface area contributed by atoms with Gasteiger partial charge in [-0.1, -0.05) is 29.8 Å². The number of carbonyl (C=O) groups is 3. The van der Waals surface area contributed by atoms with Gasteiger partial charge in [-0.15, -0.1) is 11.8 Å². The zero-order valence-corrected chi connectivity index (χ0v) is 15.0. The topological polar surface area (TPSA) is 72.5 Å². The van der Waals surface area contributed by atoms with Crippen LogP contribution >= 0.6 is 23.4 Å². The number of carbonyl (C=O) groups excluding carboxylic acids is 3. The second-order valence-corrected chi connectivity index (χ2v) is 6.58. The van der Waals surface area contributed by atoms with Crippen molar-refractivity contribution in [2.45, 2.75) is 11.8 Å². The summed E-state index contributed by atoms with van der Waals surface area (Å²) >= 11 is 7.10. The molecule has 0 radical (unpaired) electrons. The van der Waals surface area contributed by atoms with Gasteiger partial charge in [0.25, 0.3) is 5.91 Å². The van der Waals surface area contributed by atoms with Crippen molar-refractivity contribution in [1.82, 2.24) is 0 Å². The third-order valence-corrected chi connectivity index (χ3v) is 4.43. The summed E-state index contributed by atoms with van der Waals surface area (Å²) in [4.78, 5) is 35.8. The molecule has 0 fully saturated rings. The number of halogens is 1. The Labute approximate surface area is 154 Å². The number of ether oxygens (including phenoxy) is 1. The molecule has 0 unspecified atom stereocenters. The number of thioether (sulfide) groups is 1. The van der Waals surface area contributed by atoms with Crippen LogP contribution in [-0.2, 0) is 14.3 Å². The van der Waals surface area contributed by atoms with Gasteiger partial charge >= 0.3 is 5.97 Å². The van der Waals surface area contributed by atoms with Crippen LogP contribution < -0.4 is 5.32 Å². The van der Waals surface area contributed by atoms with E-state index < -0.39 is 18.5 Å². The highest BCUT2D eigenvalue weighted by atomic mass is 35.5. The lowest BCUT2D eigenvalue weighted by atomic mass is 10.2. The highest BCUT2D eigenvalue weighted by molar-refractivity contribution is 8.00. The maximum atomic E-state index is 12.2. The molecule has 2 rings (SSSR count). The van der Waals surface area contributed by atoms with E-state index in [-0.39, 0.29) is 11.5 Å². The standard InChI is InChI=1S/C18H16ClNO4S/c1-12(21)11-25-16-8-3-2-7-15(16)18(23)24-10-17(22)20-14-6-4-5-13(19)9-14/h2-9H,10-11H2,1H3,(H,20,22). The third kappa shape index (κ3) is 6.25. The first kappa shape index (κ1) is 19.0. The summed E-state index contributed by atoms with van der Waals surface area (Å²) in [5.74, 6) is -0.814. The molecule has 0 saturated heterocycles. The smallest absolute Gasteiger partial charge is 0.339 e. The Morgan fingerprint density at radius 2 is 1.88 bits per heavy atom. The van der Waals surface area contributed by atoms with Gasteiger partial charge in [-0.3, -0.25) is 9.59 Å². The summed E-state index contributed by atoms with van der Waals surface area (Å²) in [6.45, 7) is 1.06. The first-order valence-corrected chi connectivity index (χ1v) is 8.76. The molecule has 0 aromatic heterocycles. The lowest BCUT2D eigenvalue weighted by Crippen LogP contribution is -2.21. The molecule has 0 aliphatic rings. The van der Waals surface area contributed by atoms with E-state index in [4.69, 9.17) is 16.3 Å². The molecule has 0 saturated carbocycles. The van der Waals surface area contributed by atoms with Gasteiger partial charge in [0.15, 0.2) is 6.61 Å². The van der Waals surface area contributed by atoms with Crippen LogP contribution in [0, 0.1) is 0 Å². The van der Waals surface area contributed by atoms with Crippen molar-refractivity contribution in [2.75, 3.05) is 17.7 Å². The maximum Gasteiger partial charge on any atom is 0.339 e. The summed E-state index contributed by atoms with van der Waals surface area (Å²) in [6.07, 6.45) is 0. The van der Waals surface area contributed by atoms with Crippen molar-refractivity contribution < 1.29 is 19.1 Å². The van der Waals surface area contributed by atoms with Crippen LogP contribution in [0.3, 0.4) is 0 Å². The fourth-order valence-electron chi connectivity index (χ4n) is 1.91. The van der Waals surface area contributed by atoms with Gasteiger partial charge in [0.1, 0.15) is 5.78 Å². The predicted molar refractivity (Wildman–Crippen MR) is 98.2 cm³/mol. The number of esters is 1. The molecule has 5 nitrogen and oxygen atoms in total. The highest BCUT2D eigenvalue weighted by Crippen LogP contribution is 2.23. The minimum Gasteiger partial charge on any atom is -0.452 e. The number of nitrogens with one attached hydrogen (secondary N) is 1. The lowest BCUT2D eigenvalue weighted by Gasteiger charge is -2.09. The Morgan fingerprint density at radius 1 is 1.12 bits per heavy atom. The van der Waals surface area contributed by atoms with E-state index >= 15 is 0 Å². The number of Topliss-reactive ketones (excluding diaryl/α,β-unsaturated/α-hetero) is 1. The van der Waals surface area contributed by atoms with Crippen LogP contribution in [0.25, 0.3) is 0 Å². The van der Waals surface area contributed by atoms with Crippen LogP contribution in [0.15, 0.2) is 53.4 Å². The Morgan fingerprint density at radius 3 is 2.60 bits per heavy atom. The average Bonchev–Trinajstić information content (AvgIpc) is 2.58. The van der Waals surface area contributed by atoms with E-state index in [2.05, 4.69) is 5.32 Å². The fraction of sp³-hybridized carbons (Fsp3) is 0.167. The summed E-state index contributed by atoms with van der Waals surface area (Å²) in [7, 11) is 0. The van der Waals surface area contributed by atoms with Crippen molar-refractivity contribution in [3.05, 3.63) is 59.1 Å². The molecule has 0 heterocycles. The van der Waals surface area contributed by atoms with Gasteiger partial charge in [0.2, 0.25) is 0 Å². The first-order chi connectivity index (χ1) is 12.0. The molecule has 130 valence electrons. The van der Waals surface area contributed by atoms with Crippen molar-refractivity contribution in [3.63, 3.8) is 0 Å². The number of rotatable bonds is 7. The van der Waals surface area contributed by atoms with Crippen LogP contribution in [0.5, 0.6) is 0 Å². The van der Waals surface area contributed by atoms with Crippen LogP contribution in [0.2, 0.25) is 5.02 Å². The Balaban J connectivity index is 1.93. The number of ketones is 1. The van der Waals surface area contributed by atoms with E-state index in [9.17, 15) is 14.4 Å². The summed E-state index contributed by atoms with van der Waals surface area (Å²) in [5.41, 5.74) is 0.843. The second-order valence-electron chi connectivity index (χ2n) is 5.12. The zero-order chi connectivity index (χ0) is 18.2. The lowest BCUT2D eigenvalue weighted by molar-refractivity contribution is -0.119. The van der Waals surface area contributed by atoms with Gasteiger partial charge in [-0.2, -0.15) is 0 Å². The molecule has 1 N–H and O–H groups in total. The highest BCUT2D eigenvalue weighted by Gasteiger charge is 2.15. The average molecular weight is 378 g/mol. The van der Waals surface area contributed by atoms with E-state index in [1.54, 1.807) is 48.5 Å². The number of benzene rings is 2. The van der Waals surface area contributed by atoms with Gasteiger partial charge in [0, 0.05) is 15.6 Å². The third-order valence-electron chi connectivity index (χ3n) is 2.98. The molecule has 7 heteroatoms. The van der Waals surface area contributed by atoms with Gasteiger partial charge in [-0.05, 0) is 37.3 Å². The fourth-order valence-corrected chi connectivity index (χ4v) is 2.94. The minimum absolute atomic E-state index is 0.00840. The van der Waals surface area contributed by atoms with E-state index in [1.807, 2.05) is 0 Å². The largest absolute Gasteiger partial charge is 0.452 e. The monoisotopic (exact) mass is 377 g/mol. The van der Waals surface area contributed by atoms with Crippen LogP contribution in [0.4, 0.5) is 5.69 Å². The molecule has 1 amide bonds. The molecule has 0 atom stereocenters. The van der Waals surface area contributed by atoms with Crippen molar-refractivity contribution in [1.29, 1.82) is 0 Å². The maximum absolute atomic E-state index is 12.2. The van der Waals surface area contributed by atoms with Gasteiger partial charge in [0.05, 0.1) is 11.3 Å². The van der Waals surface area contributed by atoms with Crippen molar-refractivity contribution in [3.8, 4) is 0 Å². The molecule has 0 bridgehead atoms. The number of hydrogen-bond acceptors (Lipinski definition) is 5. The normalized spacial score (nSPS) is 10.2. The molecule has 0 aliphatic carbocycles. The van der Waals surface area contributed by atoms with Crippen LogP contribution in [-0.4, -0.2) is 30.0 Å². The zero-order valence-electron chi connectivity index (χ0n) is 13.5. The van der Waals surface area contributed by atoms with Crippen molar-refractivity contribution in [2.24, 2.45) is 0 Å². The van der Waals surface area contributed by atoms with Gasteiger partial charge in [-0.25, -0.2) is 4.79 Å². The van der Waals surface area contributed by atoms with E-state index in [0.717, 1.165) is 0 Å². The van der Waals surface area contributed by atoms with E-state index in [1.165, 1.54) is 18.7 Å². The van der Waals surface area contributed by atoms with Gasteiger partial charge < -0.3 is 10.1 Å². The SMILES string of the molecule is CC(=O)CSc1ccccc1C(=O)OCC(=O)Nc1cccc(Cl)c1. The molecule has 0 aliphatic heterocycles. The molecular weight excluding hydrogens is 362 g/mol. The summed E-state index contributed by atoms with van der Waals surface area (Å²) in [6, 6.07) is 13.5. The molecule has 2 aromatic carbocycles. The number of hydrogen-bond donors (Lipinski definition) is 1. The molecular formula is C18H16ClNO4S. The molecule has 2 aromatic rings. The number of anilines is 1. The summed E-state index contributed by atoms with van der Waals surface area (Å²) in [5, 5.41) is 3.09.